The zero-order valence-electron chi connectivity index (χ0n) is 7.33. The van der Waals surface area contributed by atoms with Gasteiger partial charge in [-0.05, 0) is 0 Å². The molecule has 0 fully saturated rings. The molecule has 0 aliphatic rings. The van der Waals surface area contributed by atoms with E-state index in [9.17, 15) is 0 Å². The minimum absolute atomic E-state index is 0. The average Bonchev–Trinajstić information content (AvgIpc) is 1.54. The third-order valence-electron chi connectivity index (χ3n) is 0. The maximum absolute atomic E-state index is 8.58. The molecule has 15 heteroatoms. The van der Waals surface area contributed by atoms with Gasteiger partial charge in [-0.1, -0.05) is 0 Å². The molecule has 0 atom stereocenters. The molecule has 0 spiro atoms. The van der Waals surface area contributed by atoms with Crippen molar-refractivity contribution in [3.63, 3.8) is 0 Å². The maximum atomic E-state index is 8.58. The topological polar surface area (TPSA) is 190 Å². The van der Waals surface area contributed by atoms with Crippen LogP contribution in [0.1, 0.15) is 0 Å². The Hall–Kier alpha value is 5.39. The van der Waals surface area contributed by atoms with Crippen molar-refractivity contribution in [2.75, 3.05) is 0 Å². The first kappa shape index (κ1) is 37.0. The van der Waals surface area contributed by atoms with E-state index in [0.29, 0.717) is 0 Å². The minimum atomic E-state index is -4.08. The van der Waals surface area contributed by atoms with Crippen LogP contribution in [0.3, 0.4) is 0 Å². The van der Waals surface area contributed by atoms with Crippen molar-refractivity contribution in [1.29, 1.82) is 0 Å². The van der Waals surface area contributed by atoms with Gasteiger partial charge in [0.1, 0.15) is 0 Å². The molecule has 0 N–H and O–H groups in total. The Balaban J connectivity index is -0.0000000184. The van der Waals surface area contributed by atoms with Gasteiger partial charge in [0.2, 0.25) is 0 Å². The first-order valence-electron chi connectivity index (χ1n) is 1.84. The third kappa shape index (κ3) is 202. The Morgan fingerprint density at radius 1 is 0.600 bits per heavy atom. The Kier molecular flexibility index (Phi) is 78.2. The molecule has 0 saturated heterocycles. The van der Waals surface area contributed by atoms with Gasteiger partial charge in [0.25, 0.3) is 0 Å². The van der Waals surface area contributed by atoms with Crippen LogP contribution in [-0.2, 0) is 65.8 Å². The monoisotopic (exact) mass is 674 g/mol. The van der Waals surface area contributed by atoms with E-state index in [1.54, 1.807) is 0 Å². The molecule has 0 aromatic carbocycles. The summed E-state index contributed by atoms with van der Waals surface area (Å²) in [6.07, 6.45) is 0. The van der Waals surface area contributed by atoms with Gasteiger partial charge in [-0.25, -0.2) is 0 Å². The van der Waals surface area contributed by atoms with E-state index < -0.39 is 55.8 Å². The van der Waals surface area contributed by atoms with E-state index in [1.165, 1.54) is 0 Å². The SMILES string of the molecule is [Ba+2].[Bi+3].[K+].[O]=[Ti]([O-])[O-].[O]=[Ti]([O-])[O-].[O]=[Ti]([O-])[O-]. The van der Waals surface area contributed by atoms with Crippen LogP contribution in [0.15, 0.2) is 0 Å². The normalized spacial score (nSPS) is 5.20. The van der Waals surface area contributed by atoms with Crippen molar-refractivity contribution in [1.82, 2.24) is 0 Å². The summed E-state index contributed by atoms with van der Waals surface area (Å²) in [6.45, 7) is 0. The van der Waals surface area contributed by atoms with Crippen LogP contribution in [0.4, 0.5) is 0 Å². The van der Waals surface area contributed by atoms with E-state index in [2.05, 4.69) is 0 Å². The van der Waals surface area contributed by atoms with Crippen LogP contribution in [-0.4, -0.2) is 75.1 Å². The first-order chi connectivity index (χ1) is 5.20. The van der Waals surface area contributed by atoms with Crippen molar-refractivity contribution in [2.24, 2.45) is 0 Å². The molecule has 0 aliphatic heterocycles. The average molecular weight is 673 g/mol. The second kappa shape index (κ2) is 31.7. The second-order valence-corrected chi connectivity index (χ2v) is 3.09. The Morgan fingerprint density at radius 2 is 0.600 bits per heavy atom. The van der Waals surface area contributed by atoms with Crippen molar-refractivity contribution in [3.05, 3.63) is 0 Å². The molecule has 0 amide bonds. The predicted molar refractivity (Wildman–Crippen MR) is 13.6 cm³/mol. The van der Waals surface area contributed by atoms with Crippen LogP contribution in [0.2, 0.25) is 0 Å². The molecular formula is BaBiKO9Ti3. The van der Waals surface area contributed by atoms with E-state index >= 15 is 0 Å². The van der Waals surface area contributed by atoms with Crippen LogP contribution < -0.4 is 73.5 Å². The number of rotatable bonds is 0. The van der Waals surface area contributed by atoms with Crippen LogP contribution in [0.5, 0.6) is 0 Å². The molecule has 15 heavy (non-hydrogen) atoms. The molecule has 74 valence electrons. The van der Waals surface area contributed by atoms with Crippen LogP contribution in [0, 0.1) is 0 Å². The summed E-state index contributed by atoms with van der Waals surface area (Å²) in [5.74, 6) is 0. The zero-order chi connectivity index (χ0) is 10.7. The molecule has 9 nitrogen and oxygen atoms in total. The van der Waals surface area contributed by atoms with Crippen molar-refractivity contribution >= 4 is 75.1 Å². The summed E-state index contributed by atoms with van der Waals surface area (Å²) in [6, 6.07) is 0. The molecule has 0 aliphatic carbocycles. The number of hydrogen-bond donors (Lipinski definition) is 0. The van der Waals surface area contributed by atoms with Gasteiger partial charge in [-0.3, -0.25) is 0 Å². The summed E-state index contributed by atoms with van der Waals surface area (Å²) in [4.78, 5) is 0. The fourth-order valence-electron chi connectivity index (χ4n) is 0. The fourth-order valence-corrected chi connectivity index (χ4v) is 0. The van der Waals surface area contributed by atoms with E-state index in [4.69, 9.17) is 32.1 Å². The summed E-state index contributed by atoms with van der Waals surface area (Å²) < 4.78 is 77.2. The van der Waals surface area contributed by atoms with Gasteiger partial charge in [0.15, 0.2) is 0 Å². The van der Waals surface area contributed by atoms with Crippen LogP contribution in [0.25, 0.3) is 0 Å². The molecule has 0 aromatic rings. The number of hydrogen-bond acceptors (Lipinski definition) is 9. The Labute approximate surface area is 208 Å². The van der Waals surface area contributed by atoms with Gasteiger partial charge in [0.05, 0.1) is 0 Å². The predicted octanol–water partition coefficient (Wildman–Crippen LogP) is -11.3. The van der Waals surface area contributed by atoms with Gasteiger partial charge in [-0.2, -0.15) is 0 Å². The van der Waals surface area contributed by atoms with Crippen molar-refractivity contribution in [3.8, 4) is 0 Å². The van der Waals surface area contributed by atoms with E-state index in [-0.39, 0.29) is 126 Å². The summed E-state index contributed by atoms with van der Waals surface area (Å²) in [5.41, 5.74) is 0. The van der Waals surface area contributed by atoms with Crippen molar-refractivity contribution < 1.29 is 139 Å². The van der Waals surface area contributed by atoms with Gasteiger partial charge < -0.3 is 0 Å². The first-order valence-corrected chi connectivity index (χ1v) is 7.57. The molecule has 0 heterocycles. The van der Waals surface area contributed by atoms with Crippen molar-refractivity contribution in [2.45, 2.75) is 0 Å². The molecule has 0 aromatic heterocycles. The van der Waals surface area contributed by atoms with E-state index in [0.717, 1.165) is 0 Å². The fraction of sp³-hybridized carbons (Fsp3) is 0. The van der Waals surface area contributed by atoms with E-state index in [1.807, 2.05) is 0 Å². The molecular weight excluding hydrogens is 673 g/mol. The standard InChI is InChI=1S/Ba.Bi.K.9O.3Ti/q+2;+3;+1;;;;6*-1;;;. The molecule has 0 bridgehead atoms. The van der Waals surface area contributed by atoms with Crippen LogP contribution >= 0.6 is 0 Å². The van der Waals surface area contributed by atoms with Gasteiger partial charge >= 0.3 is 214 Å². The summed E-state index contributed by atoms with van der Waals surface area (Å²) in [5, 5.41) is 0. The third-order valence-corrected chi connectivity index (χ3v) is 0. The zero-order valence-corrected chi connectivity index (χ0v) is 23.1. The summed E-state index contributed by atoms with van der Waals surface area (Å²) in [7, 11) is 0. The Morgan fingerprint density at radius 3 is 0.600 bits per heavy atom. The van der Waals surface area contributed by atoms with Gasteiger partial charge in [-0.15, -0.1) is 0 Å². The summed E-state index contributed by atoms with van der Waals surface area (Å²) >= 11 is -12.2. The van der Waals surface area contributed by atoms with Gasteiger partial charge in [0, 0.05) is 0 Å². The molecule has 0 saturated carbocycles. The quantitative estimate of drug-likeness (QED) is 0.225. The molecule has 0 unspecified atom stereocenters. The molecule has 0 rings (SSSR count). The second-order valence-electron chi connectivity index (χ2n) is 0.750. The molecule has 2 radical (unpaired) electrons. The Bertz CT molecular complexity index is 123.